The number of aromatic carboxylic acids is 1. The predicted molar refractivity (Wildman–Crippen MR) is 67.7 cm³/mol. The number of hydrogen-bond acceptors (Lipinski definition) is 5. The van der Waals surface area contributed by atoms with Gasteiger partial charge in [-0.25, -0.2) is 14.8 Å². The zero-order chi connectivity index (χ0) is 13.0. The number of carbonyl (C=O) groups is 1. The summed E-state index contributed by atoms with van der Waals surface area (Å²) in [6.45, 7) is 3.11. The van der Waals surface area contributed by atoms with Gasteiger partial charge in [-0.05, 0) is 32.4 Å². The highest BCUT2D eigenvalue weighted by molar-refractivity contribution is 5.84. The van der Waals surface area contributed by atoms with Crippen LogP contribution >= 0.6 is 0 Å². The number of piperidine rings is 1. The van der Waals surface area contributed by atoms with Crippen LogP contribution < -0.4 is 5.32 Å². The molecule has 6 heteroatoms. The number of aromatic nitrogens is 2. The maximum atomic E-state index is 10.6. The van der Waals surface area contributed by atoms with Crippen molar-refractivity contribution in [1.29, 1.82) is 0 Å². The van der Waals surface area contributed by atoms with E-state index in [2.05, 4.69) is 27.2 Å². The van der Waals surface area contributed by atoms with Gasteiger partial charge >= 0.3 is 5.97 Å². The molecule has 98 valence electrons. The highest BCUT2D eigenvalue weighted by Gasteiger charge is 2.16. The molecule has 1 saturated heterocycles. The highest BCUT2D eigenvalue weighted by atomic mass is 16.4. The molecule has 1 aromatic heterocycles. The van der Waals surface area contributed by atoms with E-state index in [1.54, 1.807) is 0 Å². The first-order chi connectivity index (χ1) is 8.65. The van der Waals surface area contributed by atoms with Crippen LogP contribution in [-0.2, 0) is 0 Å². The van der Waals surface area contributed by atoms with Crippen LogP contribution in [0, 0.1) is 5.92 Å². The minimum atomic E-state index is -1.05. The molecule has 1 atom stereocenters. The Morgan fingerprint density at radius 1 is 1.56 bits per heavy atom. The second-order valence-electron chi connectivity index (χ2n) is 4.74. The van der Waals surface area contributed by atoms with E-state index in [1.165, 1.54) is 31.8 Å². The van der Waals surface area contributed by atoms with E-state index < -0.39 is 5.97 Å². The zero-order valence-corrected chi connectivity index (χ0v) is 10.5. The molecule has 0 radical (unpaired) electrons. The van der Waals surface area contributed by atoms with Gasteiger partial charge in [-0.2, -0.15) is 0 Å². The lowest BCUT2D eigenvalue weighted by Crippen LogP contribution is -2.35. The van der Waals surface area contributed by atoms with Crippen molar-refractivity contribution in [2.75, 3.05) is 32.0 Å². The monoisotopic (exact) mass is 250 g/mol. The molecular formula is C12H18N4O2. The van der Waals surface area contributed by atoms with Crippen LogP contribution in [0.25, 0.3) is 0 Å². The number of carboxylic acid groups (broad SMARTS) is 1. The number of likely N-dealkylation sites (tertiary alicyclic amines) is 1. The van der Waals surface area contributed by atoms with E-state index in [4.69, 9.17) is 5.11 Å². The van der Waals surface area contributed by atoms with Crippen molar-refractivity contribution in [2.45, 2.75) is 12.8 Å². The van der Waals surface area contributed by atoms with Crippen molar-refractivity contribution in [3.63, 3.8) is 0 Å². The van der Waals surface area contributed by atoms with E-state index in [1.807, 2.05) is 0 Å². The zero-order valence-electron chi connectivity index (χ0n) is 10.5. The van der Waals surface area contributed by atoms with Crippen LogP contribution in [0.5, 0.6) is 0 Å². The van der Waals surface area contributed by atoms with Crippen molar-refractivity contribution in [2.24, 2.45) is 5.92 Å². The average molecular weight is 250 g/mol. The average Bonchev–Trinajstić information content (AvgIpc) is 2.37. The summed E-state index contributed by atoms with van der Waals surface area (Å²) in [5, 5.41) is 11.9. The molecule has 2 N–H and O–H groups in total. The molecule has 2 rings (SSSR count). The van der Waals surface area contributed by atoms with Crippen molar-refractivity contribution < 1.29 is 9.90 Å². The normalized spacial score (nSPS) is 20.6. The van der Waals surface area contributed by atoms with Crippen LogP contribution in [0.1, 0.15) is 23.3 Å². The summed E-state index contributed by atoms with van der Waals surface area (Å²) < 4.78 is 0. The quantitative estimate of drug-likeness (QED) is 0.827. The molecule has 0 bridgehead atoms. The van der Waals surface area contributed by atoms with Gasteiger partial charge in [0.2, 0.25) is 0 Å². The van der Waals surface area contributed by atoms with E-state index in [0.717, 1.165) is 13.1 Å². The maximum absolute atomic E-state index is 10.6. The fourth-order valence-corrected chi connectivity index (χ4v) is 2.22. The summed E-state index contributed by atoms with van der Waals surface area (Å²) in [4.78, 5) is 20.8. The maximum Gasteiger partial charge on any atom is 0.356 e. The van der Waals surface area contributed by atoms with E-state index in [9.17, 15) is 4.79 Å². The Kier molecular flexibility index (Phi) is 4.09. The third-order valence-corrected chi connectivity index (χ3v) is 3.16. The number of anilines is 1. The number of carboxylic acids is 1. The molecule has 18 heavy (non-hydrogen) atoms. The van der Waals surface area contributed by atoms with Crippen LogP contribution in [0.15, 0.2) is 12.4 Å². The standard InChI is InChI=1S/C12H18N4O2/c1-16-4-2-3-9(8-16)5-14-11-7-13-10(6-15-11)12(17)18/h6-7,9H,2-5,8H2,1H3,(H,14,15)(H,17,18). The summed E-state index contributed by atoms with van der Waals surface area (Å²) >= 11 is 0. The van der Waals surface area contributed by atoms with Gasteiger partial charge < -0.3 is 15.3 Å². The smallest absolute Gasteiger partial charge is 0.356 e. The lowest BCUT2D eigenvalue weighted by molar-refractivity contribution is 0.0690. The summed E-state index contributed by atoms with van der Waals surface area (Å²) in [5.41, 5.74) is -0.0297. The van der Waals surface area contributed by atoms with Crippen LogP contribution in [-0.4, -0.2) is 52.6 Å². The molecule has 1 aromatic rings. The molecule has 0 aliphatic carbocycles. The second-order valence-corrected chi connectivity index (χ2v) is 4.74. The molecule has 2 heterocycles. The SMILES string of the molecule is CN1CCCC(CNc2cnc(C(=O)O)cn2)C1. The fraction of sp³-hybridized carbons (Fsp3) is 0.583. The largest absolute Gasteiger partial charge is 0.476 e. The number of hydrogen-bond donors (Lipinski definition) is 2. The Morgan fingerprint density at radius 2 is 2.39 bits per heavy atom. The third kappa shape index (κ3) is 3.40. The first-order valence-electron chi connectivity index (χ1n) is 6.13. The summed E-state index contributed by atoms with van der Waals surface area (Å²) in [6, 6.07) is 0. The number of rotatable bonds is 4. The van der Waals surface area contributed by atoms with E-state index in [-0.39, 0.29) is 5.69 Å². The Bertz CT molecular complexity index is 407. The van der Waals surface area contributed by atoms with Gasteiger partial charge in [-0.1, -0.05) is 0 Å². The summed E-state index contributed by atoms with van der Waals surface area (Å²) in [5.74, 6) is 0.195. The molecule has 1 aliphatic heterocycles. The first kappa shape index (κ1) is 12.8. The lowest BCUT2D eigenvalue weighted by atomic mass is 9.98. The Balaban J connectivity index is 1.84. The Morgan fingerprint density at radius 3 is 3.00 bits per heavy atom. The predicted octanol–water partition coefficient (Wildman–Crippen LogP) is 0.928. The van der Waals surface area contributed by atoms with E-state index in [0.29, 0.717) is 11.7 Å². The minimum absolute atomic E-state index is 0.0297. The molecule has 1 fully saturated rings. The Labute approximate surface area is 106 Å². The van der Waals surface area contributed by atoms with Gasteiger partial charge in [0, 0.05) is 13.1 Å². The van der Waals surface area contributed by atoms with Crippen molar-refractivity contribution in [1.82, 2.24) is 14.9 Å². The molecule has 0 spiro atoms. The van der Waals surface area contributed by atoms with Gasteiger partial charge in [0.1, 0.15) is 5.82 Å². The van der Waals surface area contributed by atoms with Crippen molar-refractivity contribution >= 4 is 11.8 Å². The molecule has 0 amide bonds. The van der Waals surface area contributed by atoms with Gasteiger partial charge in [-0.15, -0.1) is 0 Å². The third-order valence-electron chi connectivity index (χ3n) is 3.16. The summed E-state index contributed by atoms with van der Waals surface area (Å²) in [7, 11) is 2.13. The molecule has 0 saturated carbocycles. The Hall–Kier alpha value is -1.69. The molecule has 6 nitrogen and oxygen atoms in total. The van der Waals surface area contributed by atoms with Crippen molar-refractivity contribution in [3.8, 4) is 0 Å². The number of nitrogens with zero attached hydrogens (tertiary/aromatic N) is 3. The molecule has 0 aromatic carbocycles. The molecular weight excluding hydrogens is 232 g/mol. The van der Waals surface area contributed by atoms with Gasteiger partial charge in [0.05, 0.1) is 12.4 Å². The lowest BCUT2D eigenvalue weighted by Gasteiger charge is -2.29. The molecule has 1 aliphatic rings. The second kappa shape index (κ2) is 5.77. The topological polar surface area (TPSA) is 78.4 Å². The molecule has 1 unspecified atom stereocenters. The van der Waals surface area contributed by atoms with Crippen LogP contribution in [0.4, 0.5) is 5.82 Å². The number of nitrogens with one attached hydrogen (secondary N) is 1. The first-order valence-corrected chi connectivity index (χ1v) is 6.13. The van der Waals surface area contributed by atoms with Crippen LogP contribution in [0.2, 0.25) is 0 Å². The van der Waals surface area contributed by atoms with E-state index >= 15 is 0 Å². The van der Waals surface area contributed by atoms with Crippen molar-refractivity contribution in [3.05, 3.63) is 18.1 Å². The van der Waals surface area contributed by atoms with Crippen LogP contribution in [0.3, 0.4) is 0 Å². The van der Waals surface area contributed by atoms with Gasteiger partial charge in [0.15, 0.2) is 5.69 Å². The highest BCUT2D eigenvalue weighted by Crippen LogP contribution is 2.15. The fourth-order valence-electron chi connectivity index (χ4n) is 2.22. The van der Waals surface area contributed by atoms with Gasteiger partial charge in [-0.3, -0.25) is 0 Å². The summed E-state index contributed by atoms with van der Waals surface area (Å²) in [6.07, 6.45) is 5.19. The minimum Gasteiger partial charge on any atom is -0.476 e. The van der Waals surface area contributed by atoms with Gasteiger partial charge in [0.25, 0.3) is 0 Å².